The monoisotopic (exact) mass is 418 g/mol. The third kappa shape index (κ3) is 3.35. The number of carbonyl (C=O) groups excluding carboxylic acids is 1. The fraction of sp³-hybridized carbons (Fsp3) is 0.217. The first-order chi connectivity index (χ1) is 14.8. The summed E-state index contributed by atoms with van der Waals surface area (Å²) < 4.78 is 1.95. The number of amides is 1. The van der Waals surface area contributed by atoms with Gasteiger partial charge in [0.15, 0.2) is 0 Å². The highest BCUT2D eigenvalue weighted by Crippen LogP contribution is 2.40. The molecule has 31 heavy (non-hydrogen) atoms. The topological polar surface area (TPSA) is 96.9 Å². The van der Waals surface area contributed by atoms with Gasteiger partial charge in [-0.3, -0.25) is 23.7 Å². The summed E-state index contributed by atoms with van der Waals surface area (Å²) in [6.45, 7) is 1.49. The number of aliphatic imine (C=N–C) groups is 1. The minimum absolute atomic E-state index is 0.0502. The molecule has 1 amide bonds. The van der Waals surface area contributed by atoms with Crippen molar-refractivity contribution in [2.75, 3.05) is 4.90 Å². The fourth-order valence-corrected chi connectivity index (χ4v) is 3.97. The molecule has 1 aliphatic rings. The van der Waals surface area contributed by atoms with Crippen LogP contribution in [0, 0.1) is 0 Å². The van der Waals surface area contributed by atoms with Crippen molar-refractivity contribution in [1.82, 2.24) is 9.13 Å². The summed E-state index contributed by atoms with van der Waals surface area (Å²) in [5.74, 6) is -0.622. The minimum Gasteiger partial charge on any atom is -0.494 e. The summed E-state index contributed by atoms with van der Waals surface area (Å²) in [6, 6.07) is 16.2. The van der Waals surface area contributed by atoms with Gasteiger partial charge in [0.1, 0.15) is 5.56 Å². The molecule has 158 valence electrons. The largest absolute Gasteiger partial charge is 0.494 e. The maximum atomic E-state index is 13.0. The van der Waals surface area contributed by atoms with Crippen LogP contribution in [0.25, 0.3) is 0 Å². The van der Waals surface area contributed by atoms with Crippen LogP contribution < -0.4 is 16.1 Å². The van der Waals surface area contributed by atoms with Gasteiger partial charge in [0.05, 0.1) is 23.1 Å². The summed E-state index contributed by atoms with van der Waals surface area (Å²) in [6.07, 6.45) is 0.180. The van der Waals surface area contributed by atoms with E-state index in [0.717, 1.165) is 14.7 Å². The number of fused-ring (bicyclic) bond motifs is 1. The molecule has 0 spiro atoms. The van der Waals surface area contributed by atoms with Crippen molar-refractivity contribution in [3.05, 3.63) is 86.6 Å². The number of aromatic hydroxyl groups is 1. The molecule has 0 aliphatic carbocycles. The number of hydrogen-bond acceptors (Lipinski definition) is 5. The van der Waals surface area contributed by atoms with Crippen molar-refractivity contribution in [3.8, 4) is 5.88 Å². The molecule has 1 atom stereocenters. The van der Waals surface area contributed by atoms with E-state index in [-0.39, 0.29) is 17.9 Å². The van der Waals surface area contributed by atoms with Gasteiger partial charge in [0.25, 0.3) is 5.56 Å². The van der Waals surface area contributed by atoms with E-state index in [1.165, 1.54) is 21.0 Å². The van der Waals surface area contributed by atoms with Crippen LogP contribution in [0.4, 0.5) is 11.4 Å². The Labute approximate surface area is 178 Å². The zero-order valence-electron chi connectivity index (χ0n) is 17.4. The number of aromatic nitrogens is 2. The molecular weight excluding hydrogens is 396 g/mol. The molecule has 1 N–H and O–H groups in total. The van der Waals surface area contributed by atoms with Crippen molar-refractivity contribution >= 4 is 23.0 Å². The molecule has 4 rings (SSSR count). The van der Waals surface area contributed by atoms with E-state index in [1.54, 1.807) is 23.1 Å². The Balaban J connectivity index is 2.03. The second-order valence-corrected chi connectivity index (χ2v) is 7.47. The molecule has 1 aliphatic heterocycles. The number of anilines is 1. The van der Waals surface area contributed by atoms with Crippen molar-refractivity contribution in [2.45, 2.75) is 19.4 Å². The molecule has 2 heterocycles. The van der Waals surface area contributed by atoms with Gasteiger partial charge in [0, 0.05) is 27.4 Å². The first kappa shape index (κ1) is 20.3. The van der Waals surface area contributed by atoms with Gasteiger partial charge >= 0.3 is 5.69 Å². The van der Waals surface area contributed by atoms with Crippen LogP contribution in [0.2, 0.25) is 0 Å². The van der Waals surface area contributed by atoms with Gasteiger partial charge in [0.2, 0.25) is 11.8 Å². The minimum atomic E-state index is -0.639. The Morgan fingerprint density at radius 1 is 1.00 bits per heavy atom. The number of carbonyl (C=O) groups is 1. The van der Waals surface area contributed by atoms with Gasteiger partial charge in [-0.25, -0.2) is 4.79 Å². The van der Waals surface area contributed by atoms with Crippen molar-refractivity contribution in [1.29, 1.82) is 0 Å². The van der Waals surface area contributed by atoms with E-state index in [0.29, 0.717) is 17.1 Å². The van der Waals surface area contributed by atoms with Crippen LogP contribution in [-0.2, 0) is 18.9 Å². The Morgan fingerprint density at radius 2 is 1.65 bits per heavy atom. The maximum absolute atomic E-state index is 13.0. The van der Waals surface area contributed by atoms with Crippen molar-refractivity contribution in [3.63, 3.8) is 0 Å². The molecule has 8 heteroatoms. The lowest BCUT2D eigenvalue weighted by Gasteiger charge is -2.30. The molecule has 0 saturated carbocycles. The Bertz CT molecular complexity index is 1320. The molecule has 2 aromatic carbocycles. The second-order valence-electron chi connectivity index (χ2n) is 7.47. The van der Waals surface area contributed by atoms with E-state index in [4.69, 9.17) is 0 Å². The average molecular weight is 418 g/mol. The summed E-state index contributed by atoms with van der Waals surface area (Å²) in [4.78, 5) is 44.3. The zero-order chi connectivity index (χ0) is 22.3. The Hall–Kier alpha value is -3.94. The van der Waals surface area contributed by atoms with Gasteiger partial charge in [-0.2, -0.15) is 0 Å². The van der Waals surface area contributed by atoms with Gasteiger partial charge in [-0.1, -0.05) is 42.5 Å². The normalized spacial score (nSPS) is 15.8. The van der Waals surface area contributed by atoms with Crippen LogP contribution in [0.3, 0.4) is 0 Å². The molecule has 1 unspecified atom stereocenters. The lowest BCUT2D eigenvalue weighted by atomic mass is 9.96. The van der Waals surface area contributed by atoms with E-state index in [9.17, 15) is 19.5 Å². The van der Waals surface area contributed by atoms with Crippen LogP contribution >= 0.6 is 0 Å². The molecule has 0 fully saturated rings. The standard InChI is InChI=1S/C23H22N4O4/c1-14(28)27-18-12-8-7-11-16(18)24-17(13-19(27)15-9-5-4-6-10-15)20-21(29)25(2)23(31)26(3)22(20)30/h4-12,19,29H,13H2,1-3H3. The third-order valence-corrected chi connectivity index (χ3v) is 5.54. The Kier molecular flexibility index (Phi) is 5.06. The summed E-state index contributed by atoms with van der Waals surface area (Å²) in [5.41, 5.74) is 0.958. The SMILES string of the molecule is CC(=O)N1c2ccccc2N=C(c2c(O)n(C)c(=O)n(C)c2=O)CC1c1ccccc1. The summed E-state index contributed by atoms with van der Waals surface area (Å²) >= 11 is 0. The quantitative estimate of drug-likeness (QED) is 0.691. The van der Waals surface area contributed by atoms with E-state index in [1.807, 2.05) is 36.4 Å². The fourth-order valence-electron chi connectivity index (χ4n) is 3.97. The number of para-hydroxylation sites is 2. The highest BCUT2D eigenvalue weighted by atomic mass is 16.3. The average Bonchev–Trinajstić information content (AvgIpc) is 2.94. The van der Waals surface area contributed by atoms with Crippen LogP contribution in [0.1, 0.15) is 30.5 Å². The zero-order valence-corrected chi connectivity index (χ0v) is 17.4. The first-order valence-electron chi connectivity index (χ1n) is 9.82. The Morgan fingerprint density at radius 3 is 2.32 bits per heavy atom. The highest BCUT2D eigenvalue weighted by Gasteiger charge is 2.33. The van der Waals surface area contributed by atoms with E-state index < -0.39 is 23.2 Å². The molecule has 3 aromatic rings. The molecule has 8 nitrogen and oxygen atoms in total. The number of benzene rings is 2. The van der Waals surface area contributed by atoms with E-state index >= 15 is 0 Å². The van der Waals surface area contributed by atoms with Gasteiger partial charge in [-0.05, 0) is 17.7 Å². The number of rotatable bonds is 2. The first-order valence-corrected chi connectivity index (χ1v) is 9.82. The van der Waals surface area contributed by atoms with Gasteiger partial charge < -0.3 is 10.0 Å². The lowest BCUT2D eigenvalue weighted by Crippen LogP contribution is -2.40. The summed E-state index contributed by atoms with van der Waals surface area (Å²) in [5, 5.41) is 10.7. The summed E-state index contributed by atoms with van der Waals surface area (Å²) in [7, 11) is 2.75. The smallest absolute Gasteiger partial charge is 0.333 e. The van der Waals surface area contributed by atoms with Crippen LogP contribution in [0.15, 0.2) is 69.2 Å². The molecule has 0 saturated heterocycles. The maximum Gasteiger partial charge on any atom is 0.333 e. The van der Waals surface area contributed by atoms with Crippen molar-refractivity contribution < 1.29 is 9.90 Å². The molecule has 0 bridgehead atoms. The van der Waals surface area contributed by atoms with Crippen molar-refractivity contribution in [2.24, 2.45) is 19.1 Å². The number of nitrogens with zero attached hydrogens (tertiary/aromatic N) is 4. The molecule has 0 radical (unpaired) electrons. The third-order valence-electron chi connectivity index (χ3n) is 5.54. The predicted molar refractivity (Wildman–Crippen MR) is 118 cm³/mol. The predicted octanol–water partition coefficient (Wildman–Crippen LogP) is 2.41. The number of hydrogen-bond donors (Lipinski definition) is 1. The van der Waals surface area contributed by atoms with Crippen LogP contribution in [0.5, 0.6) is 5.88 Å². The molecule has 1 aromatic heterocycles. The molecular formula is C23H22N4O4. The highest BCUT2D eigenvalue weighted by molar-refractivity contribution is 6.08. The van der Waals surface area contributed by atoms with Gasteiger partial charge in [-0.15, -0.1) is 0 Å². The van der Waals surface area contributed by atoms with E-state index in [2.05, 4.69) is 4.99 Å². The lowest BCUT2D eigenvalue weighted by molar-refractivity contribution is -0.117. The van der Waals surface area contributed by atoms with Crippen LogP contribution in [-0.4, -0.2) is 25.9 Å². The second kappa shape index (κ2) is 7.71.